The molecule has 2 N–H and O–H groups in total. The minimum absolute atomic E-state index is 0.0422. The molecule has 1 saturated heterocycles. The fourth-order valence-electron chi connectivity index (χ4n) is 0.954. The Bertz CT molecular complexity index is 439. The molecule has 0 bridgehead atoms. The van der Waals surface area contributed by atoms with Crippen LogP contribution in [0, 0.1) is 0 Å². The number of nitrogens with one attached hydrogen (secondary N) is 2. The van der Waals surface area contributed by atoms with Crippen LogP contribution < -0.4 is 10.9 Å². The summed E-state index contributed by atoms with van der Waals surface area (Å²) in [5.74, 6) is 2.37. The molecule has 0 atom stereocenters. The molecular weight excluding hydrogens is 444 g/mol. The summed E-state index contributed by atoms with van der Waals surface area (Å²) in [6.45, 7) is 2.12. The van der Waals surface area contributed by atoms with Gasteiger partial charge < -0.3 is 5.43 Å². The number of azide groups is 1. The Morgan fingerprint density at radius 2 is 2.05 bits per heavy atom. The number of nitrogens with zero attached hydrogens (tertiary/aromatic N) is 4. The molecule has 113 valence electrons. The number of hydrogen-bond acceptors (Lipinski definition) is 8. The van der Waals surface area contributed by atoms with Crippen molar-refractivity contribution in [2.45, 2.75) is 0 Å². The maximum atomic E-state index is 10.0. The van der Waals surface area contributed by atoms with Crippen LogP contribution >= 0.6 is 58.3 Å². The van der Waals surface area contributed by atoms with E-state index in [1.807, 2.05) is 17.2 Å². The Kier molecular flexibility index (Phi) is 13.3. The van der Waals surface area contributed by atoms with Crippen LogP contribution in [0.3, 0.4) is 0 Å². The van der Waals surface area contributed by atoms with Gasteiger partial charge >= 0.3 is 69.9 Å². The molecule has 1 fully saturated rings. The molecule has 1 rings (SSSR count). The second-order valence-corrected chi connectivity index (χ2v) is 10.4. The molecule has 0 spiro atoms. The van der Waals surface area contributed by atoms with Gasteiger partial charge in [0.25, 0.3) is 0 Å². The van der Waals surface area contributed by atoms with Crippen LogP contribution in [0.2, 0.25) is 0 Å². The molecule has 0 amide bonds. The molecule has 1 aliphatic rings. The summed E-state index contributed by atoms with van der Waals surface area (Å²) in [6.07, 6.45) is 0. The fourth-order valence-corrected chi connectivity index (χ4v) is 4.54. The van der Waals surface area contributed by atoms with E-state index in [-0.39, 0.29) is 4.32 Å². The van der Waals surface area contributed by atoms with Crippen molar-refractivity contribution in [1.29, 1.82) is 0 Å². The van der Waals surface area contributed by atoms with Crippen LogP contribution in [0.5, 0.6) is 0 Å². The van der Waals surface area contributed by atoms with Gasteiger partial charge in [-0.1, -0.05) is 12.2 Å². The molecule has 20 heavy (non-hydrogen) atoms. The molecule has 1 aliphatic heterocycles. The van der Waals surface area contributed by atoms with Crippen molar-refractivity contribution in [1.82, 2.24) is 15.9 Å². The van der Waals surface area contributed by atoms with E-state index in [1.165, 1.54) is 11.5 Å². The first kappa shape index (κ1) is 20.4. The number of thiocarbonyl (C=S) groups is 2. The van der Waals surface area contributed by atoms with E-state index in [1.54, 1.807) is 0 Å². The van der Waals surface area contributed by atoms with Crippen LogP contribution in [0.1, 0.15) is 0 Å². The van der Waals surface area contributed by atoms with Crippen molar-refractivity contribution in [2.24, 2.45) is 5.22 Å². The predicted octanol–water partition coefficient (Wildman–Crippen LogP) is 1.80. The average Bonchev–Trinajstić information content (AvgIpc) is 2.37. The minimum atomic E-state index is -3.50. The van der Waals surface area contributed by atoms with Gasteiger partial charge in [-0.3, -0.25) is 0 Å². The van der Waals surface area contributed by atoms with Gasteiger partial charge in [0.2, 0.25) is 0 Å². The average molecular weight is 455 g/mol. The first-order valence-corrected chi connectivity index (χ1v) is 12.1. The standard InChI is InChI=1S/C5H10N2S3.CH2N4S2.Mo.2O/c8-5(9)6-7-1-3-10-4-2-7;2-4-5-3-1(6)7;;;/h1-4H2,(H2,6,8,9);(H2,3,6,7);;;/q;;+1;;/p-1. The normalized spacial score (nSPS) is 14.1. The fraction of sp³-hybridized carbons (Fsp3) is 0.667. The Balaban J connectivity index is 0.000000361. The molecule has 8 nitrogen and oxygen atoms in total. The van der Waals surface area contributed by atoms with Crippen LogP contribution in [0.15, 0.2) is 5.22 Å². The molecule has 0 aliphatic carbocycles. The van der Waals surface area contributed by atoms with Crippen LogP contribution in [0.25, 0.3) is 10.4 Å². The molecule has 0 unspecified atom stereocenters. The second kappa shape index (κ2) is 13.1. The summed E-state index contributed by atoms with van der Waals surface area (Å²) < 4.78 is 20.6. The number of thioether (sulfide) groups is 1. The predicted molar refractivity (Wildman–Crippen MR) is 87.5 cm³/mol. The zero-order valence-corrected chi connectivity index (χ0v) is 16.1. The summed E-state index contributed by atoms with van der Waals surface area (Å²) in [7, 11) is 0.509. The molecule has 0 aromatic carbocycles. The van der Waals surface area contributed by atoms with Crippen molar-refractivity contribution in [3.05, 3.63) is 10.4 Å². The SMILES string of the molecule is S=C(S)NN1CCSCC1.[N-]=[N+]=NNC(=S)[S][Mo](=[O])=[O]. The van der Waals surface area contributed by atoms with Crippen LogP contribution in [0.4, 0.5) is 0 Å². The van der Waals surface area contributed by atoms with Crippen molar-refractivity contribution >= 4 is 66.9 Å². The van der Waals surface area contributed by atoms with E-state index in [0.717, 1.165) is 13.1 Å². The third kappa shape index (κ3) is 13.4. The van der Waals surface area contributed by atoms with Gasteiger partial charge in [0, 0.05) is 24.6 Å². The molecule has 0 aromatic rings. The van der Waals surface area contributed by atoms with Crippen LogP contribution in [-0.2, 0) is 22.8 Å². The zero-order valence-electron chi connectivity index (χ0n) is 9.92. The summed E-state index contributed by atoms with van der Waals surface area (Å²) in [4.78, 5) is 2.31. The Morgan fingerprint density at radius 1 is 1.45 bits per heavy atom. The van der Waals surface area contributed by atoms with E-state index in [9.17, 15) is 6.80 Å². The number of hydrogen-bond donors (Lipinski definition) is 3. The molecule has 14 heteroatoms. The molecule has 0 saturated carbocycles. The van der Waals surface area contributed by atoms with E-state index < -0.39 is 16.0 Å². The van der Waals surface area contributed by atoms with E-state index >= 15 is 0 Å². The monoisotopic (exact) mass is 457 g/mol. The molecule has 1 heterocycles. The third-order valence-electron chi connectivity index (χ3n) is 1.59. The van der Waals surface area contributed by atoms with Gasteiger partial charge in [0.05, 0.1) is 0 Å². The Morgan fingerprint density at radius 3 is 2.50 bits per heavy atom. The van der Waals surface area contributed by atoms with E-state index in [2.05, 4.69) is 45.4 Å². The Hall–Kier alpha value is 0.388. The summed E-state index contributed by atoms with van der Waals surface area (Å²) in [5, 5.41) is 4.95. The van der Waals surface area contributed by atoms with Gasteiger partial charge in [-0.05, 0) is 0 Å². The number of hydrazine groups is 1. The van der Waals surface area contributed by atoms with Gasteiger partial charge in [0.1, 0.15) is 4.32 Å². The van der Waals surface area contributed by atoms with Crippen molar-refractivity contribution < 1.29 is 22.8 Å². The number of rotatable bonds is 3. The van der Waals surface area contributed by atoms with E-state index in [4.69, 9.17) is 17.7 Å². The third-order valence-corrected chi connectivity index (χ3v) is 6.53. The molecular formula is C6H11MoN6O2S5. The summed E-state index contributed by atoms with van der Waals surface area (Å²) in [5.41, 5.74) is 12.7. The quantitative estimate of drug-likeness (QED) is 0.112. The van der Waals surface area contributed by atoms with Crippen molar-refractivity contribution in [3.63, 3.8) is 0 Å². The van der Waals surface area contributed by atoms with Crippen LogP contribution in [-0.4, -0.2) is 38.2 Å². The molecule has 0 radical (unpaired) electrons. The van der Waals surface area contributed by atoms with Gasteiger partial charge in [-0.25, -0.2) is 5.01 Å². The zero-order chi connectivity index (χ0) is 15.4. The van der Waals surface area contributed by atoms with Gasteiger partial charge in [-0.2, -0.15) is 11.8 Å². The molecule has 0 aromatic heterocycles. The number of thiol groups is 1. The first-order chi connectivity index (χ1) is 9.45. The van der Waals surface area contributed by atoms with Crippen molar-refractivity contribution in [3.8, 4) is 0 Å². The summed E-state index contributed by atoms with van der Waals surface area (Å²) in [6, 6.07) is 0. The summed E-state index contributed by atoms with van der Waals surface area (Å²) >= 11 is 11.7. The topological polar surface area (TPSA) is 110 Å². The Labute approximate surface area is 145 Å². The van der Waals surface area contributed by atoms with Gasteiger partial charge in [-0.15, -0.1) is 12.6 Å². The maximum absolute atomic E-state index is 10.0. The second-order valence-electron chi connectivity index (χ2n) is 2.89. The van der Waals surface area contributed by atoms with Crippen molar-refractivity contribution in [2.75, 3.05) is 24.6 Å². The first-order valence-electron chi connectivity index (χ1n) is 4.89. The van der Waals surface area contributed by atoms with E-state index in [0.29, 0.717) is 13.8 Å². The van der Waals surface area contributed by atoms with Gasteiger partial charge in [0.15, 0.2) is 0 Å².